The van der Waals surface area contributed by atoms with Crippen molar-refractivity contribution in [3.05, 3.63) is 53.2 Å². The fourth-order valence-corrected chi connectivity index (χ4v) is 2.10. The molecule has 1 atom stereocenters. The van der Waals surface area contributed by atoms with Crippen LogP contribution in [-0.2, 0) is 4.84 Å². The fraction of sp³-hybridized carbons (Fsp3) is 0.375. The molecule has 108 valence electrons. The third kappa shape index (κ3) is 4.49. The second kappa shape index (κ2) is 7.85. The quantitative estimate of drug-likeness (QED) is 0.694. The Balaban J connectivity index is 1.99. The number of aliphatic hydroxyl groups excluding tert-OH is 1. The molecule has 0 aliphatic heterocycles. The summed E-state index contributed by atoms with van der Waals surface area (Å²) in [7, 11) is 0. The number of nitrogens with one attached hydrogen (secondary N) is 1. The van der Waals surface area contributed by atoms with Crippen molar-refractivity contribution in [2.45, 2.75) is 25.4 Å². The van der Waals surface area contributed by atoms with Crippen molar-refractivity contribution in [2.24, 2.45) is 5.73 Å². The first-order valence-electron chi connectivity index (χ1n) is 7.01. The Kier molecular flexibility index (Phi) is 5.80. The Hall–Kier alpha value is -1.62. The molecule has 1 aliphatic carbocycles. The van der Waals surface area contributed by atoms with E-state index in [0.29, 0.717) is 0 Å². The van der Waals surface area contributed by atoms with Gasteiger partial charge in [-0.2, -0.15) is 0 Å². The van der Waals surface area contributed by atoms with Crippen LogP contribution < -0.4 is 11.2 Å². The molecule has 1 aromatic carbocycles. The van der Waals surface area contributed by atoms with Crippen molar-refractivity contribution in [2.75, 3.05) is 13.2 Å². The zero-order chi connectivity index (χ0) is 14.2. The van der Waals surface area contributed by atoms with Crippen LogP contribution in [0.3, 0.4) is 0 Å². The molecule has 0 aromatic heterocycles. The number of allylic oxidation sites excluding steroid dienone is 2. The van der Waals surface area contributed by atoms with Crippen LogP contribution in [0.5, 0.6) is 0 Å². The largest absolute Gasteiger partial charge is 0.389 e. The van der Waals surface area contributed by atoms with Gasteiger partial charge in [0.2, 0.25) is 0 Å². The summed E-state index contributed by atoms with van der Waals surface area (Å²) in [5, 5.41) is 9.36. The van der Waals surface area contributed by atoms with Gasteiger partial charge in [-0.1, -0.05) is 36.4 Å². The number of hydroxylamine groups is 1. The molecule has 0 bridgehead atoms. The van der Waals surface area contributed by atoms with Crippen molar-refractivity contribution in [3.8, 4) is 0 Å². The molecule has 0 saturated carbocycles. The molecule has 0 amide bonds. The van der Waals surface area contributed by atoms with Crippen LogP contribution in [0.1, 0.15) is 24.8 Å². The van der Waals surface area contributed by atoms with E-state index < -0.39 is 6.10 Å². The molecule has 0 saturated heterocycles. The van der Waals surface area contributed by atoms with E-state index in [1.807, 2.05) is 18.2 Å². The van der Waals surface area contributed by atoms with Gasteiger partial charge in [0.15, 0.2) is 0 Å². The lowest BCUT2D eigenvalue weighted by Crippen LogP contribution is -2.29. The van der Waals surface area contributed by atoms with Gasteiger partial charge in [-0.15, -0.1) is 0 Å². The lowest BCUT2D eigenvalue weighted by atomic mass is 9.97. The number of hydrogen-bond acceptors (Lipinski definition) is 4. The maximum absolute atomic E-state index is 9.36. The van der Waals surface area contributed by atoms with E-state index in [1.165, 1.54) is 11.1 Å². The average molecular weight is 274 g/mol. The molecule has 4 N–H and O–H groups in total. The van der Waals surface area contributed by atoms with Gasteiger partial charge in [-0.05, 0) is 36.5 Å². The number of benzene rings is 1. The fourth-order valence-electron chi connectivity index (χ4n) is 2.10. The topological polar surface area (TPSA) is 67.5 Å². The molecule has 0 radical (unpaired) electrons. The second-order valence-electron chi connectivity index (χ2n) is 4.89. The molecule has 0 heterocycles. The smallest absolute Gasteiger partial charge is 0.102 e. The van der Waals surface area contributed by atoms with E-state index in [-0.39, 0.29) is 13.2 Å². The molecular formula is C16H22N2O2. The summed E-state index contributed by atoms with van der Waals surface area (Å²) in [5.41, 5.74) is 11.7. The van der Waals surface area contributed by atoms with Crippen LogP contribution in [0.25, 0.3) is 6.08 Å². The molecule has 4 heteroatoms. The van der Waals surface area contributed by atoms with Gasteiger partial charge in [0.05, 0.1) is 11.8 Å². The SMILES string of the molecule is NCC(O)CONC1=CCCCC1=Cc1ccccc1. The summed E-state index contributed by atoms with van der Waals surface area (Å²) < 4.78 is 0. The summed E-state index contributed by atoms with van der Waals surface area (Å²) in [6.45, 7) is 0.389. The molecule has 0 fully saturated rings. The highest BCUT2D eigenvalue weighted by Crippen LogP contribution is 2.24. The minimum absolute atomic E-state index is 0.187. The zero-order valence-electron chi connectivity index (χ0n) is 11.6. The van der Waals surface area contributed by atoms with Gasteiger partial charge in [0, 0.05) is 6.54 Å². The normalized spacial score (nSPS) is 18.7. The first-order chi connectivity index (χ1) is 9.79. The lowest BCUT2D eigenvalue weighted by molar-refractivity contribution is -0.00159. The first-order valence-corrected chi connectivity index (χ1v) is 7.01. The van der Waals surface area contributed by atoms with Crippen molar-refractivity contribution < 1.29 is 9.94 Å². The van der Waals surface area contributed by atoms with Crippen molar-refractivity contribution in [3.63, 3.8) is 0 Å². The van der Waals surface area contributed by atoms with Gasteiger partial charge in [-0.3, -0.25) is 10.3 Å². The van der Waals surface area contributed by atoms with E-state index in [9.17, 15) is 5.11 Å². The van der Waals surface area contributed by atoms with Crippen LogP contribution in [0.2, 0.25) is 0 Å². The van der Waals surface area contributed by atoms with Crippen molar-refractivity contribution in [1.82, 2.24) is 5.48 Å². The Morgan fingerprint density at radius 2 is 2.15 bits per heavy atom. The molecule has 2 rings (SSSR count). The molecule has 1 aromatic rings. The van der Waals surface area contributed by atoms with Crippen LogP contribution in [0, 0.1) is 0 Å². The Morgan fingerprint density at radius 3 is 2.90 bits per heavy atom. The number of nitrogens with two attached hydrogens (primary N) is 1. The predicted octanol–water partition coefficient (Wildman–Crippen LogP) is 1.98. The Bertz CT molecular complexity index is 469. The summed E-state index contributed by atoms with van der Waals surface area (Å²) >= 11 is 0. The lowest BCUT2D eigenvalue weighted by Gasteiger charge is -2.19. The van der Waals surface area contributed by atoms with E-state index in [2.05, 4.69) is 29.8 Å². The van der Waals surface area contributed by atoms with Gasteiger partial charge in [0.25, 0.3) is 0 Å². The minimum Gasteiger partial charge on any atom is -0.389 e. The Morgan fingerprint density at radius 1 is 1.35 bits per heavy atom. The molecule has 0 spiro atoms. The molecule has 20 heavy (non-hydrogen) atoms. The van der Waals surface area contributed by atoms with Crippen LogP contribution in [-0.4, -0.2) is 24.4 Å². The molecule has 1 aliphatic rings. The highest BCUT2D eigenvalue weighted by molar-refractivity contribution is 5.58. The van der Waals surface area contributed by atoms with E-state index in [1.54, 1.807) is 0 Å². The standard InChI is InChI=1S/C16H22N2O2/c17-11-15(19)12-20-18-16-9-5-4-8-14(16)10-13-6-2-1-3-7-13/h1-3,6-7,9-10,15,18-19H,4-5,8,11-12,17H2. The highest BCUT2D eigenvalue weighted by Gasteiger charge is 2.11. The molecular weight excluding hydrogens is 252 g/mol. The first kappa shape index (κ1) is 14.8. The molecule has 4 nitrogen and oxygen atoms in total. The van der Waals surface area contributed by atoms with E-state index >= 15 is 0 Å². The van der Waals surface area contributed by atoms with Crippen LogP contribution in [0.15, 0.2) is 47.7 Å². The minimum atomic E-state index is -0.631. The predicted molar refractivity (Wildman–Crippen MR) is 80.5 cm³/mol. The number of aliphatic hydroxyl groups is 1. The maximum atomic E-state index is 9.36. The Labute approximate surface area is 119 Å². The third-order valence-electron chi connectivity index (χ3n) is 3.22. The number of hydrogen-bond donors (Lipinski definition) is 3. The zero-order valence-corrected chi connectivity index (χ0v) is 11.6. The van der Waals surface area contributed by atoms with Crippen LogP contribution in [0.4, 0.5) is 0 Å². The van der Waals surface area contributed by atoms with Gasteiger partial charge in [-0.25, -0.2) is 0 Å². The van der Waals surface area contributed by atoms with Gasteiger partial charge < -0.3 is 10.8 Å². The summed E-state index contributed by atoms with van der Waals surface area (Å²) in [6.07, 6.45) is 6.88. The molecule has 1 unspecified atom stereocenters. The van der Waals surface area contributed by atoms with Gasteiger partial charge >= 0.3 is 0 Å². The summed E-state index contributed by atoms with van der Waals surface area (Å²) in [5.74, 6) is 0. The monoisotopic (exact) mass is 274 g/mol. The third-order valence-corrected chi connectivity index (χ3v) is 3.22. The average Bonchev–Trinajstić information content (AvgIpc) is 2.50. The maximum Gasteiger partial charge on any atom is 0.102 e. The van der Waals surface area contributed by atoms with Crippen LogP contribution >= 0.6 is 0 Å². The summed E-state index contributed by atoms with van der Waals surface area (Å²) in [6, 6.07) is 10.2. The number of rotatable bonds is 6. The van der Waals surface area contributed by atoms with Gasteiger partial charge in [0.1, 0.15) is 6.61 Å². The van der Waals surface area contributed by atoms with Crippen molar-refractivity contribution >= 4 is 6.08 Å². The van der Waals surface area contributed by atoms with E-state index in [0.717, 1.165) is 25.0 Å². The van der Waals surface area contributed by atoms with Crippen molar-refractivity contribution in [1.29, 1.82) is 0 Å². The second-order valence-corrected chi connectivity index (χ2v) is 4.89. The highest BCUT2D eigenvalue weighted by atomic mass is 16.6. The van der Waals surface area contributed by atoms with E-state index in [4.69, 9.17) is 10.6 Å². The summed E-state index contributed by atoms with van der Waals surface area (Å²) in [4.78, 5) is 5.30.